The Hall–Kier alpha value is -4.53. The van der Waals surface area contributed by atoms with E-state index in [1.807, 2.05) is 31.3 Å². The summed E-state index contributed by atoms with van der Waals surface area (Å²) >= 11 is 0. The molecule has 3 amide bonds. The van der Waals surface area contributed by atoms with Gasteiger partial charge in [-0.25, -0.2) is 9.18 Å². The van der Waals surface area contributed by atoms with Gasteiger partial charge in [0.15, 0.2) is 0 Å². The van der Waals surface area contributed by atoms with Crippen molar-refractivity contribution in [3.8, 4) is 11.5 Å². The van der Waals surface area contributed by atoms with Crippen molar-refractivity contribution in [3.05, 3.63) is 89.9 Å². The summed E-state index contributed by atoms with van der Waals surface area (Å²) in [7, 11) is 3.07. The summed E-state index contributed by atoms with van der Waals surface area (Å²) < 4.78 is 24.2. The minimum Gasteiger partial charge on any atom is -0.497 e. The second-order valence-electron chi connectivity index (χ2n) is 9.82. The number of hydrogen-bond donors (Lipinski definition) is 2. The van der Waals surface area contributed by atoms with Crippen molar-refractivity contribution in [3.63, 3.8) is 0 Å². The molecule has 4 aromatic rings. The standard InChI is InChI=1S/C32H37FN4O4/c1-4-5-17-37(32(39)35-29-15-14-26(40-2)19-30(29)41-3)22-31(38)36(21-23-10-12-25(33)13-11-23)18-16-24-20-34-28-9-7-6-8-27(24)28/h6-15,19-20,34H,4-5,16-18,21-22H2,1-3H3,(H,35,39). The van der Waals surface area contributed by atoms with Crippen LogP contribution in [-0.4, -0.2) is 60.6 Å². The Morgan fingerprint density at radius 1 is 0.951 bits per heavy atom. The molecule has 1 aromatic heterocycles. The highest BCUT2D eigenvalue weighted by Crippen LogP contribution is 2.29. The van der Waals surface area contributed by atoms with E-state index in [-0.39, 0.29) is 18.3 Å². The monoisotopic (exact) mass is 560 g/mol. The van der Waals surface area contributed by atoms with E-state index in [2.05, 4.69) is 16.4 Å². The summed E-state index contributed by atoms with van der Waals surface area (Å²) in [5, 5.41) is 4.00. The predicted molar refractivity (Wildman–Crippen MR) is 159 cm³/mol. The molecule has 1 heterocycles. The highest BCUT2D eigenvalue weighted by Gasteiger charge is 2.23. The number of hydrogen-bond acceptors (Lipinski definition) is 4. The SMILES string of the molecule is CCCCN(CC(=O)N(CCc1c[nH]c2ccccc12)Cc1ccc(F)cc1)C(=O)Nc1ccc(OC)cc1OC. The number of carbonyl (C=O) groups is 2. The largest absolute Gasteiger partial charge is 0.497 e. The molecule has 216 valence electrons. The van der Waals surface area contributed by atoms with E-state index in [0.717, 1.165) is 34.9 Å². The third kappa shape index (κ3) is 7.78. The number of rotatable bonds is 13. The van der Waals surface area contributed by atoms with Crippen molar-refractivity contribution in [1.82, 2.24) is 14.8 Å². The second-order valence-corrected chi connectivity index (χ2v) is 9.82. The number of nitrogens with zero attached hydrogens (tertiary/aromatic N) is 2. The summed E-state index contributed by atoms with van der Waals surface area (Å²) in [5.74, 6) is 0.532. The van der Waals surface area contributed by atoms with Crippen molar-refractivity contribution in [1.29, 1.82) is 0 Å². The van der Waals surface area contributed by atoms with E-state index in [1.54, 1.807) is 42.3 Å². The normalized spacial score (nSPS) is 10.8. The van der Waals surface area contributed by atoms with Crippen LogP contribution >= 0.6 is 0 Å². The quantitative estimate of drug-likeness (QED) is 0.203. The first-order valence-corrected chi connectivity index (χ1v) is 13.8. The molecule has 0 saturated carbocycles. The van der Waals surface area contributed by atoms with Crippen LogP contribution in [0.4, 0.5) is 14.9 Å². The maximum Gasteiger partial charge on any atom is 0.322 e. The molecule has 0 spiro atoms. The Balaban J connectivity index is 1.52. The van der Waals surface area contributed by atoms with Crippen LogP contribution in [0.15, 0.2) is 72.9 Å². The summed E-state index contributed by atoms with van der Waals surface area (Å²) in [5.41, 5.74) is 3.43. The van der Waals surface area contributed by atoms with Gasteiger partial charge in [-0.15, -0.1) is 0 Å². The van der Waals surface area contributed by atoms with Gasteiger partial charge in [-0.05, 0) is 54.3 Å². The number of nitrogens with one attached hydrogen (secondary N) is 2. The summed E-state index contributed by atoms with van der Waals surface area (Å²) in [4.78, 5) is 33.7. The molecule has 0 aliphatic rings. The number of fused-ring (bicyclic) bond motifs is 1. The fourth-order valence-electron chi connectivity index (χ4n) is 4.66. The van der Waals surface area contributed by atoms with E-state index < -0.39 is 6.03 Å². The summed E-state index contributed by atoms with van der Waals surface area (Å²) in [6.07, 6.45) is 4.20. The van der Waals surface area contributed by atoms with Crippen LogP contribution in [0.5, 0.6) is 11.5 Å². The van der Waals surface area contributed by atoms with Crippen LogP contribution in [0.2, 0.25) is 0 Å². The minimum absolute atomic E-state index is 0.0978. The summed E-state index contributed by atoms with van der Waals surface area (Å²) in [6.45, 7) is 3.09. The van der Waals surface area contributed by atoms with Crippen molar-refractivity contribution < 1.29 is 23.5 Å². The zero-order valence-electron chi connectivity index (χ0n) is 23.8. The number of para-hydroxylation sites is 1. The predicted octanol–water partition coefficient (Wildman–Crippen LogP) is 6.23. The van der Waals surface area contributed by atoms with Gasteiger partial charge < -0.3 is 29.6 Å². The molecular weight excluding hydrogens is 523 g/mol. The Morgan fingerprint density at radius 3 is 2.46 bits per heavy atom. The average Bonchev–Trinajstić information content (AvgIpc) is 3.41. The number of amides is 3. The first-order chi connectivity index (χ1) is 19.9. The second kappa shape index (κ2) is 14.2. The maximum atomic E-state index is 13.8. The van der Waals surface area contributed by atoms with E-state index in [0.29, 0.717) is 43.2 Å². The molecule has 4 rings (SSSR count). The van der Waals surface area contributed by atoms with Crippen LogP contribution in [-0.2, 0) is 17.8 Å². The number of anilines is 1. The topological polar surface area (TPSA) is 86.9 Å². The number of halogens is 1. The van der Waals surface area contributed by atoms with Crippen molar-refractivity contribution in [2.24, 2.45) is 0 Å². The van der Waals surface area contributed by atoms with Crippen molar-refractivity contribution in [2.75, 3.05) is 39.2 Å². The lowest BCUT2D eigenvalue weighted by Gasteiger charge is -2.28. The lowest BCUT2D eigenvalue weighted by Crippen LogP contribution is -2.45. The molecule has 0 fully saturated rings. The third-order valence-electron chi connectivity index (χ3n) is 7.01. The van der Waals surface area contributed by atoms with E-state index >= 15 is 0 Å². The van der Waals surface area contributed by atoms with Gasteiger partial charge >= 0.3 is 6.03 Å². The van der Waals surface area contributed by atoms with Gasteiger partial charge in [-0.3, -0.25) is 4.79 Å². The fourth-order valence-corrected chi connectivity index (χ4v) is 4.66. The molecule has 41 heavy (non-hydrogen) atoms. The highest BCUT2D eigenvalue weighted by atomic mass is 19.1. The minimum atomic E-state index is -0.395. The number of unbranched alkanes of at least 4 members (excludes halogenated alkanes) is 1. The first kappa shape index (κ1) is 29.5. The fraction of sp³-hybridized carbons (Fsp3) is 0.312. The molecule has 0 unspecified atom stereocenters. The zero-order chi connectivity index (χ0) is 29.2. The lowest BCUT2D eigenvalue weighted by molar-refractivity contribution is -0.132. The molecule has 0 aliphatic carbocycles. The van der Waals surface area contributed by atoms with Crippen LogP contribution in [0.3, 0.4) is 0 Å². The number of aromatic nitrogens is 1. The van der Waals surface area contributed by atoms with Gasteiger partial charge in [-0.1, -0.05) is 43.7 Å². The van der Waals surface area contributed by atoms with E-state index in [9.17, 15) is 14.0 Å². The van der Waals surface area contributed by atoms with Crippen molar-refractivity contribution >= 4 is 28.5 Å². The van der Waals surface area contributed by atoms with Crippen LogP contribution < -0.4 is 14.8 Å². The number of ether oxygens (including phenoxy) is 2. The molecular formula is C32H37FN4O4. The maximum absolute atomic E-state index is 13.8. The molecule has 3 aromatic carbocycles. The molecule has 0 radical (unpaired) electrons. The van der Waals surface area contributed by atoms with Gasteiger partial charge in [0.25, 0.3) is 0 Å². The number of benzene rings is 3. The molecule has 0 atom stereocenters. The third-order valence-corrected chi connectivity index (χ3v) is 7.01. The first-order valence-electron chi connectivity index (χ1n) is 13.8. The number of methoxy groups -OCH3 is 2. The number of aromatic amines is 1. The van der Waals surface area contributed by atoms with Crippen LogP contribution in [0, 0.1) is 5.82 Å². The van der Waals surface area contributed by atoms with Gasteiger partial charge in [0.1, 0.15) is 23.9 Å². The lowest BCUT2D eigenvalue weighted by atomic mass is 10.1. The Labute approximate surface area is 240 Å². The Bertz CT molecular complexity index is 1450. The van der Waals surface area contributed by atoms with Gasteiger partial charge in [0.2, 0.25) is 5.91 Å². The summed E-state index contributed by atoms with van der Waals surface area (Å²) in [6, 6.07) is 18.9. The van der Waals surface area contributed by atoms with Crippen molar-refractivity contribution in [2.45, 2.75) is 32.7 Å². The zero-order valence-corrected chi connectivity index (χ0v) is 23.8. The van der Waals surface area contributed by atoms with Crippen LogP contribution in [0.25, 0.3) is 10.9 Å². The van der Waals surface area contributed by atoms with Crippen LogP contribution in [0.1, 0.15) is 30.9 Å². The smallest absolute Gasteiger partial charge is 0.322 e. The average molecular weight is 561 g/mol. The Kier molecular flexibility index (Phi) is 10.2. The Morgan fingerprint density at radius 2 is 1.73 bits per heavy atom. The van der Waals surface area contributed by atoms with Gasteiger partial charge in [0.05, 0.1) is 19.9 Å². The number of urea groups is 1. The number of carbonyl (C=O) groups excluding carboxylic acids is 2. The molecule has 9 heteroatoms. The van der Waals surface area contributed by atoms with E-state index in [4.69, 9.17) is 9.47 Å². The molecule has 0 aliphatic heterocycles. The number of H-pyrrole nitrogens is 1. The van der Waals surface area contributed by atoms with E-state index in [1.165, 1.54) is 24.1 Å². The van der Waals surface area contributed by atoms with Gasteiger partial charge in [-0.2, -0.15) is 0 Å². The molecule has 2 N–H and O–H groups in total. The molecule has 0 bridgehead atoms. The molecule has 0 saturated heterocycles. The highest BCUT2D eigenvalue weighted by molar-refractivity contribution is 5.93. The van der Waals surface area contributed by atoms with Gasteiger partial charge in [0, 0.05) is 42.8 Å². The molecule has 8 nitrogen and oxygen atoms in total.